The number of β-amino-alcohol motifs (C(OH)–C–C–N with tert-alkyl or cyclic N) is 1. The topological polar surface area (TPSA) is 150 Å². The Labute approximate surface area is 389 Å². The van der Waals surface area contributed by atoms with Gasteiger partial charge in [-0.25, -0.2) is 0 Å². The van der Waals surface area contributed by atoms with Crippen molar-refractivity contribution in [3.8, 4) is 39.3 Å². The first-order valence-corrected chi connectivity index (χ1v) is 23.4. The molecular weight excluding hydrogens is 922 g/mol. The third-order valence-corrected chi connectivity index (χ3v) is 13.5. The number of aromatic hydroxyl groups is 1. The summed E-state index contributed by atoms with van der Waals surface area (Å²) in [7, 11) is 0. The van der Waals surface area contributed by atoms with Crippen LogP contribution >= 0.6 is 38.9 Å². The number of ether oxygens (including phenoxy) is 3. The summed E-state index contributed by atoms with van der Waals surface area (Å²) in [5.74, 6) is 1.59. The molecule has 2 saturated heterocycles. The average molecular weight is 973 g/mol. The molecule has 64 heavy (non-hydrogen) atoms. The molecule has 2 aliphatic rings. The van der Waals surface area contributed by atoms with Gasteiger partial charge in [-0.3, -0.25) is 19.4 Å². The summed E-state index contributed by atoms with van der Waals surface area (Å²) >= 11 is 11.1. The lowest BCUT2D eigenvalue weighted by molar-refractivity contribution is -0.141. The van der Waals surface area contributed by atoms with Gasteiger partial charge in [-0.15, -0.1) is 11.3 Å². The maximum atomic E-state index is 14.0. The minimum Gasteiger partial charge on any atom is -0.508 e. The van der Waals surface area contributed by atoms with Gasteiger partial charge in [0.1, 0.15) is 42.4 Å². The number of benzene rings is 4. The zero-order valence-electron chi connectivity index (χ0n) is 35.6. The fourth-order valence-electron chi connectivity index (χ4n) is 8.10. The van der Waals surface area contributed by atoms with E-state index in [-0.39, 0.29) is 43.0 Å². The third-order valence-electron chi connectivity index (χ3n) is 11.6. The SMILES string of the molecule is CC(C)[C@@H](C(=O)N1C[C@H](O)C[C@H]1C(=O)NCc1ccc(Cl)cc1)c1cc(OCCN2CCN(CCOc3ccc(Oc4c(-c5ccc(Br)cc5)sc5cc(O)ccc45)cc3)CC2)no1. The fraction of sp³-hybridized carbons (Fsp3) is 0.354. The van der Waals surface area contributed by atoms with Crippen molar-refractivity contribution in [3.05, 3.63) is 118 Å². The molecule has 3 N–H and O–H groups in total. The van der Waals surface area contributed by atoms with Gasteiger partial charge in [0.05, 0.1) is 11.0 Å². The Hall–Kier alpha value is -5.16. The van der Waals surface area contributed by atoms with Gasteiger partial charge in [-0.2, -0.15) is 0 Å². The first kappa shape index (κ1) is 45.4. The first-order chi connectivity index (χ1) is 31.0. The molecule has 4 heterocycles. The molecule has 4 aromatic carbocycles. The largest absolute Gasteiger partial charge is 0.508 e. The number of fused-ring (bicyclic) bond motifs is 1. The van der Waals surface area contributed by atoms with Crippen molar-refractivity contribution >= 4 is 60.8 Å². The number of hydrogen-bond donors (Lipinski definition) is 3. The number of carbonyl (C=O) groups excluding carboxylic acids is 2. The standard InChI is InChI=1S/C48H51BrClN5O8S/c1-30(2)44(48(59)55-29-36(57)25-40(55)47(58)51-28-31-3-9-34(50)10-4-31)41-27-43(52-63-41)61-24-22-54-19-17-53(18-20-54)21-23-60-37-12-14-38(15-13-37)62-45-39-16-11-35(56)26-42(39)64-46(45)32-5-7-33(49)8-6-32/h3-16,26-27,30,36,40,44,56-57H,17-25,28-29H2,1-2H3,(H,51,58)/t36-,40+,44-/m1/s1. The second kappa shape index (κ2) is 20.8. The van der Waals surface area contributed by atoms with Crippen molar-refractivity contribution in [2.45, 2.75) is 44.9 Å². The number of carbonyl (C=O) groups is 2. The van der Waals surface area contributed by atoms with Gasteiger partial charge >= 0.3 is 0 Å². The van der Waals surface area contributed by atoms with Gasteiger partial charge < -0.3 is 39.2 Å². The van der Waals surface area contributed by atoms with Crippen LogP contribution in [0.3, 0.4) is 0 Å². The van der Waals surface area contributed by atoms with Crippen LogP contribution < -0.4 is 19.5 Å². The Bertz CT molecular complexity index is 2510. The molecule has 0 radical (unpaired) electrons. The summed E-state index contributed by atoms with van der Waals surface area (Å²) in [5.41, 5.74) is 1.91. The lowest BCUT2D eigenvalue weighted by atomic mass is 9.91. The van der Waals surface area contributed by atoms with Crippen LogP contribution in [-0.4, -0.2) is 113 Å². The molecule has 2 amide bonds. The number of halogens is 2. The number of aliphatic hydroxyl groups is 1. The Balaban J connectivity index is 0.763. The Morgan fingerprint density at radius 3 is 2.27 bits per heavy atom. The van der Waals surface area contributed by atoms with Crippen molar-refractivity contribution in [1.82, 2.24) is 25.2 Å². The number of rotatable bonds is 17. The number of nitrogens with one attached hydrogen (secondary N) is 1. The van der Waals surface area contributed by atoms with E-state index >= 15 is 0 Å². The molecule has 0 aliphatic carbocycles. The summed E-state index contributed by atoms with van der Waals surface area (Å²) < 4.78 is 26.2. The van der Waals surface area contributed by atoms with Crippen LogP contribution in [-0.2, 0) is 16.1 Å². The highest BCUT2D eigenvalue weighted by molar-refractivity contribution is 9.10. The minimum atomic E-state index is -0.812. The summed E-state index contributed by atoms with van der Waals surface area (Å²) in [6.45, 7) is 10.2. The van der Waals surface area contributed by atoms with E-state index in [0.717, 1.165) is 74.8 Å². The predicted molar refractivity (Wildman–Crippen MR) is 251 cm³/mol. The zero-order chi connectivity index (χ0) is 44.7. The van der Waals surface area contributed by atoms with Gasteiger partial charge in [-0.1, -0.05) is 65.6 Å². The molecule has 8 rings (SSSR count). The second-order valence-corrected chi connectivity index (χ2v) is 18.8. The van der Waals surface area contributed by atoms with Gasteiger partial charge in [0.25, 0.3) is 5.88 Å². The van der Waals surface area contributed by atoms with E-state index in [1.54, 1.807) is 41.7 Å². The van der Waals surface area contributed by atoms with E-state index in [4.69, 9.17) is 30.3 Å². The lowest BCUT2D eigenvalue weighted by Gasteiger charge is -2.34. The van der Waals surface area contributed by atoms with E-state index in [2.05, 4.69) is 36.2 Å². The summed E-state index contributed by atoms with van der Waals surface area (Å²) in [6, 6.07) is 29.1. The molecule has 336 valence electrons. The highest BCUT2D eigenvalue weighted by Gasteiger charge is 2.43. The zero-order valence-corrected chi connectivity index (χ0v) is 38.8. The predicted octanol–water partition coefficient (Wildman–Crippen LogP) is 8.56. The molecule has 0 spiro atoms. The number of aliphatic hydroxyl groups excluding tert-OH is 1. The van der Waals surface area contributed by atoms with Crippen molar-refractivity contribution < 1.29 is 38.5 Å². The molecule has 2 aromatic heterocycles. The Morgan fingerprint density at radius 1 is 0.906 bits per heavy atom. The van der Waals surface area contributed by atoms with E-state index in [1.807, 2.05) is 80.6 Å². The van der Waals surface area contributed by atoms with Crippen LogP contribution in [0.15, 0.2) is 106 Å². The van der Waals surface area contributed by atoms with Crippen molar-refractivity contribution in [1.29, 1.82) is 0 Å². The number of phenols is 1. The molecule has 0 saturated carbocycles. The van der Waals surface area contributed by atoms with Crippen LogP contribution in [0.4, 0.5) is 0 Å². The first-order valence-electron chi connectivity index (χ1n) is 21.4. The summed E-state index contributed by atoms with van der Waals surface area (Å²) in [5, 5.41) is 29.2. The smallest absolute Gasteiger partial charge is 0.254 e. The number of thiophene rings is 1. The number of amides is 2. The maximum Gasteiger partial charge on any atom is 0.254 e. The summed E-state index contributed by atoms with van der Waals surface area (Å²) in [4.78, 5) is 34.4. The molecular formula is C48H51BrClN5O8S. The normalized spacial score (nSPS) is 17.5. The maximum absolute atomic E-state index is 14.0. The highest BCUT2D eigenvalue weighted by Crippen LogP contribution is 2.47. The monoisotopic (exact) mass is 971 g/mol. The lowest BCUT2D eigenvalue weighted by Crippen LogP contribution is -2.48. The Kier molecular flexibility index (Phi) is 14.7. The van der Waals surface area contributed by atoms with E-state index in [1.165, 1.54) is 4.90 Å². The van der Waals surface area contributed by atoms with Crippen molar-refractivity contribution in [3.63, 3.8) is 0 Å². The molecule has 2 aliphatic heterocycles. The van der Waals surface area contributed by atoms with Crippen LogP contribution in [0, 0.1) is 5.92 Å². The number of piperazine rings is 1. The number of hydrogen-bond acceptors (Lipinski definition) is 12. The van der Waals surface area contributed by atoms with Crippen LogP contribution in [0.25, 0.3) is 20.5 Å². The molecule has 16 heteroatoms. The van der Waals surface area contributed by atoms with Crippen LogP contribution in [0.5, 0.6) is 28.9 Å². The number of phenolic OH excluding ortho intramolecular Hbond substituents is 1. The highest BCUT2D eigenvalue weighted by atomic mass is 79.9. The van der Waals surface area contributed by atoms with Gasteiger partial charge in [-0.05, 0) is 88.9 Å². The molecule has 2 fully saturated rings. The molecule has 0 unspecified atom stereocenters. The minimum absolute atomic E-state index is 0.0572. The van der Waals surface area contributed by atoms with Crippen molar-refractivity contribution in [2.24, 2.45) is 5.92 Å². The van der Waals surface area contributed by atoms with Gasteiger partial charge in [0, 0.05) is 84.4 Å². The number of nitrogens with zero attached hydrogens (tertiary/aromatic N) is 4. The van der Waals surface area contributed by atoms with Crippen LogP contribution in [0.1, 0.15) is 37.5 Å². The van der Waals surface area contributed by atoms with E-state index in [9.17, 15) is 19.8 Å². The van der Waals surface area contributed by atoms with E-state index in [0.29, 0.717) is 42.2 Å². The second-order valence-electron chi connectivity index (χ2n) is 16.4. The Morgan fingerprint density at radius 2 is 1.58 bits per heavy atom. The van der Waals surface area contributed by atoms with Gasteiger partial charge in [0.2, 0.25) is 11.8 Å². The number of aromatic nitrogens is 1. The summed E-state index contributed by atoms with van der Waals surface area (Å²) in [6.07, 6.45) is -0.658. The molecule has 13 nitrogen and oxygen atoms in total. The van der Waals surface area contributed by atoms with Crippen LogP contribution in [0.2, 0.25) is 5.02 Å². The quantitative estimate of drug-likeness (QED) is 0.0807. The fourth-order valence-corrected chi connectivity index (χ4v) is 9.66. The van der Waals surface area contributed by atoms with Gasteiger partial charge in [0.15, 0.2) is 11.5 Å². The average Bonchev–Trinajstić information content (AvgIpc) is 4.01. The molecule has 3 atom stereocenters. The van der Waals surface area contributed by atoms with Crippen molar-refractivity contribution in [2.75, 3.05) is 59.0 Å². The van der Waals surface area contributed by atoms with E-state index < -0.39 is 18.1 Å². The third kappa shape index (κ3) is 11.2. The molecule has 0 bridgehead atoms. The molecule has 6 aromatic rings. The number of likely N-dealkylation sites (tertiary alicyclic amines) is 1.